The van der Waals surface area contributed by atoms with Crippen LogP contribution < -0.4 is 4.74 Å². The van der Waals surface area contributed by atoms with Gasteiger partial charge in [-0.3, -0.25) is 0 Å². The number of methoxy groups -OCH3 is 1. The highest BCUT2D eigenvalue weighted by atomic mass is 16.5. The molecule has 0 saturated carbocycles. The Morgan fingerprint density at radius 2 is 1.73 bits per heavy atom. The zero-order valence-corrected chi connectivity index (χ0v) is 13.9. The van der Waals surface area contributed by atoms with Gasteiger partial charge in [-0.1, -0.05) is 30.3 Å². The second kappa shape index (κ2) is 5.66. The van der Waals surface area contributed by atoms with Crippen LogP contribution in [0.15, 0.2) is 67.1 Å². The van der Waals surface area contributed by atoms with Gasteiger partial charge in [0.05, 0.1) is 12.5 Å². The molecule has 0 saturated heterocycles. The number of rotatable bonds is 3. The third-order valence-corrected chi connectivity index (χ3v) is 4.42. The largest absolute Gasteiger partial charge is 0.497 e. The minimum Gasteiger partial charge on any atom is -0.497 e. The number of hydrogen-bond acceptors (Lipinski definition) is 5. The van der Waals surface area contributed by atoms with E-state index in [-0.39, 0.29) is 0 Å². The fourth-order valence-electron chi connectivity index (χ4n) is 3.16. The Morgan fingerprint density at radius 3 is 2.50 bits per heavy atom. The zero-order valence-electron chi connectivity index (χ0n) is 13.9. The number of benzene rings is 2. The average molecular weight is 342 g/mol. The quantitative estimate of drug-likeness (QED) is 0.504. The first-order valence-electron chi connectivity index (χ1n) is 8.13. The Bertz CT molecular complexity index is 1210. The Kier molecular flexibility index (Phi) is 3.18. The molecule has 126 valence electrons. The highest BCUT2D eigenvalue weighted by molar-refractivity contribution is 6.03. The number of aromatic nitrogens is 6. The lowest BCUT2D eigenvalue weighted by molar-refractivity contribution is 0.415. The summed E-state index contributed by atoms with van der Waals surface area (Å²) < 4.78 is 8.90. The lowest BCUT2D eigenvalue weighted by Gasteiger charge is -2.06. The maximum absolute atomic E-state index is 5.26. The minimum absolute atomic E-state index is 0.682. The molecule has 7 heteroatoms. The van der Waals surface area contributed by atoms with E-state index in [2.05, 4.69) is 38.8 Å². The lowest BCUT2D eigenvalue weighted by atomic mass is 10.1. The Labute approximate surface area is 148 Å². The molecule has 5 aromatic rings. The average Bonchev–Trinajstić information content (AvgIpc) is 3.33. The van der Waals surface area contributed by atoms with Gasteiger partial charge in [0.1, 0.15) is 12.1 Å². The van der Waals surface area contributed by atoms with E-state index in [1.807, 2.05) is 47.0 Å². The standard InChI is InChI=1S/C19H14N6O/c1-26-15-9-7-14(8-10-15)24-11-16(13-5-3-2-4-6-13)17-18(24)20-12-25-19(17)21-22-23-25/h2-12H,1H3. The monoisotopic (exact) mass is 342 g/mol. The van der Waals surface area contributed by atoms with Crippen molar-refractivity contribution in [2.75, 3.05) is 7.11 Å². The van der Waals surface area contributed by atoms with Crippen molar-refractivity contribution in [3.63, 3.8) is 0 Å². The first kappa shape index (κ1) is 14.6. The van der Waals surface area contributed by atoms with Crippen LogP contribution >= 0.6 is 0 Å². The summed E-state index contributed by atoms with van der Waals surface area (Å²) in [6.07, 6.45) is 3.70. The predicted octanol–water partition coefficient (Wildman–Crippen LogP) is 3.14. The van der Waals surface area contributed by atoms with E-state index in [1.54, 1.807) is 18.0 Å². The van der Waals surface area contributed by atoms with Gasteiger partial charge in [0, 0.05) is 17.4 Å². The van der Waals surface area contributed by atoms with E-state index in [0.29, 0.717) is 5.65 Å². The molecule has 0 fully saturated rings. The lowest BCUT2D eigenvalue weighted by Crippen LogP contribution is -1.96. The summed E-state index contributed by atoms with van der Waals surface area (Å²) in [4.78, 5) is 4.60. The van der Waals surface area contributed by atoms with Crippen molar-refractivity contribution in [2.24, 2.45) is 0 Å². The zero-order chi connectivity index (χ0) is 17.5. The van der Waals surface area contributed by atoms with Crippen LogP contribution in [0.4, 0.5) is 0 Å². The molecule has 0 aliphatic carbocycles. The van der Waals surface area contributed by atoms with E-state index in [9.17, 15) is 0 Å². The normalized spacial score (nSPS) is 11.3. The molecule has 0 aliphatic rings. The molecule has 0 bridgehead atoms. The first-order valence-corrected chi connectivity index (χ1v) is 8.13. The number of nitrogens with zero attached hydrogens (tertiary/aromatic N) is 6. The van der Waals surface area contributed by atoms with Crippen molar-refractivity contribution in [1.82, 2.24) is 29.6 Å². The fourth-order valence-corrected chi connectivity index (χ4v) is 3.16. The van der Waals surface area contributed by atoms with Crippen molar-refractivity contribution in [3.8, 4) is 22.6 Å². The smallest absolute Gasteiger partial charge is 0.192 e. The summed E-state index contributed by atoms with van der Waals surface area (Å²) in [5, 5.41) is 12.9. The van der Waals surface area contributed by atoms with Crippen LogP contribution in [0.2, 0.25) is 0 Å². The molecule has 5 rings (SSSR count). The SMILES string of the molecule is COc1ccc(-n2cc(-c3ccccc3)c3c2ncn2nnnc32)cc1. The molecule has 0 spiro atoms. The van der Waals surface area contributed by atoms with E-state index < -0.39 is 0 Å². The summed E-state index contributed by atoms with van der Waals surface area (Å²) in [7, 11) is 1.66. The van der Waals surface area contributed by atoms with Crippen LogP contribution in [0.25, 0.3) is 33.5 Å². The van der Waals surface area contributed by atoms with Gasteiger partial charge in [0.2, 0.25) is 0 Å². The van der Waals surface area contributed by atoms with E-state index in [4.69, 9.17) is 4.74 Å². The number of fused-ring (bicyclic) bond motifs is 3. The van der Waals surface area contributed by atoms with Crippen LogP contribution in [0.3, 0.4) is 0 Å². The maximum atomic E-state index is 5.26. The van der Waals surface area contributed by atoms with Crippen LogP contribution in [0.5, 0.6) is 5.75 Å². The molecule has 0 unspecified atom stereocenters. The first-order chi connectivity index (χ1) is 12.8. The molecule has 3 heterocycles. The molecule has 0 aliphatic heterocycles. The molecule has 0 radical (unpaired) electrons. The van der Waals surface area contributed by atoms with Crippen LogP contribution in [-0.4, -0.2) is 36.7 Å². The van der Waals surface area contributed by atoms with Crippen LogP contribution in [0.1, 0.15) is 0 Å². The van der Waals surface area contributed by atoms with Crippen molar-refractivity contribution < 1.29 is 4.74 Å². The van der Waals surface area contributed by atoms with Gasteiger partial charge in [-0.15, -0.1) is 5.10 Å². The maximum Gasteiger partial charge on any atom is 0.192 e. The molecule has 7 nitrogen and oxygen atoms in total. The molecule has 0 N–H and O–H groups in total. The minimum atomic E-state index is 0.682. The van der Waals surface area contributed by atoms with E-state index in [1.165, 1.54) is 0 Å². The van der Waals surface area contributed by atoms with Crippen molar-refractivity contribution in [3.05, 3.63) is 67.1 Å². The highest BCUT2D eigenvalue weighted by Crippen LogP contribution is 2.33. The molecule has 26 heavy (non-hydrogen) atoms. The summed E-state index contributed by atoms with van der Waals surface area (Å²) in [6.45, 7) is 0. The van der Waals surface area contributed by atoms with Gasteiger partial charge in [-0.2, -0.15) is 4.52 Å². The number of tetrazole rings is 1. The highest BCUT2D eigenvalue weighted by Gasteiger charge is 2.17. The molecular weight excluding hydrogens is 328 g/mol. The van der Waals surface area contributed by atoms with Crippen LogP contribution in [-0.2, 0) is 0 Å². The molecule has 3 aromatic heterocycles. The second-order valence-corrected chi connectivity index (χ2v) is 5.87. The van der Waals surface area contributed by atoms with Gasteiger partial charge in [0.15, 0.2) is 11.3 Å². The van der Waals surface area contributed by atoms with Crippen molar-refractivity contribution in [2.45, 2.75) is 0 Å². The van der Waals surface area contributed by atoms with Gasteiger partial charge < -0.3 is 9.30 Å². The number of hydrogen-bond donors (Lipinski definition) is 0. The summed E-state index contributed by atoms with van der Waals surface area (Å²) in [6, 6.07) is 18.0. The molecule has 0 atom stereocenters. The topological polar surface area (TPSA) is 70.1 Å². The predicted molar refractivity (Wildman–Crippen MR) is 97.4 cm³/mol. The Balaban J connectivity index is 1.84. The Morgan fingerprint density at radius 1 is 0.923 bits per heavy atom. The van der Waals surface area contributed by atoms with Gasteiger partial charge >= 0.3 is 0 Å². The Hall–Kier alpha value is -3.74. The second-order valence-electron chi connectivity index (χ2n) is 5.87. The van der Waals surface area contributed by atoms with Crippen LogP contribution in [0, 0.1) is 0 Å². The van der Waals surface area contributed by atoms with E-state index in [0.717, 1.165) is 33.6 Å². The number of ether oxygens (including phenoxy) is 1. The molecule has 2 aromatic carbocycles. The molecule has 0 amide bonds. The summed E-state index contributed by atoms with van der Waals surface area (Å²) >= 11 is 0. The van der Waals surface area contributed by atoms with Crippen molar-refractivity contribution in [1.29, 1.82) is 0 Å². The van der Waals surface area contributed by atoms with Gasteiger partial charge in [-0.25, -0.2) is 4.98 Å². The molecular formula is C19H14N6O. The van der Waals surface area contributed by atoms with Crippen molar-refractivity contribution >= 4 is 16.7 Å². The third kappa shape index (κ3) is 2.14. The summed E-state index contributed by atoms with van der Waals surface area (Å²) in [5.41, 5.74) is 4.59. The fraction of sp³-hybridized carbons (Fsp3) is 0.0526. The van der Waals surface area contributed by atoms with Gasteiger partial charge in [-0.05, 0) is 40.3 Å². The summed E-state index contributed by atoms with van der Waals surface area (Å²) in [5.74, 6) is 0.811. The third-order valence-electron chi connectivity index (χ3n) is 4.42. The van der Waals surface area contributed by atoms with E-state index >= 15 is 0 Å². The van der Waals surface area contributed by atoms with Gasteiger partial charge in [0.25, 0.3) is 0 Å².